The molecule has 1 fully saturated rings. The third kappa shape index (κ3) is 4.14. The van der Waals surface area contributed by atoms with Gasteiger partial charge in [-0.1, -0.05) is 41.9 Å². The largest absolute Gasteiger partial charge is 0.369 e. The molecule has 0 saturated heterocycles. The maximum atomic E-state index is 12.0. The Morgan fingerprint density at radius 2 is 2.00 bits per heavy atom. The molecule has 0 spiro atoms. The predicted octanol–water partition coefficient (Wildman–Crippen LogP) is 4.49. The van der Waals surface area contributed by atoms with Gasteiger partial charge in [0.25, 0.3) is 0 Å². The number of primary amides is 1. The summed E-state index contributed by atoms with van der Waals surface area (Å²) in [5, 5.41) is 0.521. The van der Waals surface area contributed by atoms with Gasteiger partial charge in [-0.05, 0) is 63.2 Å². The van der Waals surface area contributed by atoms with E-state index in [0.29, 0.717) is 17.4 Å². The van der Waals surface area contributed by atoms with Gasteiger partial charge in [0.2, 0.25) is 11.9 Å². The van der Waals surface area contributed by atoms with Crippen molar-refractivity contribution < 1.29 is 4.79 Å². The zero-order valence-electron chi connectivity index (χ0n) is 16.5. The van der Waals surface area contributed by atoms with E-state index in [1.807, 2.05) is 51.1 Å². The third-order valence-corrected chi connectivity index (χ3v) is 5.78. The first-order valence-electron chi connectivity index (χ1n) is 9.45. The van der Waals surface area contributed by atoms with Gasteiger partial charge in [-0.2, -0.15) is 0 Å². The lowest BCUT2D eigenvalue weighted by molar-refractivity contribution is -0.120. The van der Waals surface area contributed by atoms with Gasteiger partial charge < -0.3 is 5.73 Å². The van der Waals surface area contributed by atoms with Crippen LogP contribution in [0.25, 0.3) is 0 Å². The van der Waals surface area contributed by atoms with Crippen LogP contribution in [0.4, 0.5) is 5.95 Å². The maximum absolute atomic E-state index is 12.0. The molecule has 0 bridgehead atoms. The van der Waals surface area contributed by atoms with Crippen LogP contribution in [0.5, 0.6) is 0 Å². The number of rotatable bonds is 7. The molecule has 1 aromatic carbocycles. The summed E-state index contributed by atoms with van der Waals surface area (Å²) in [6, 6.07) is 7.99. The minimum atomic E-state index is -0.497. The van der Waals surface area contributed by atoms with Crippen LogP contribution in [0.1, 0.15) is 50.4 Å². The van der Waals surface area contributed by atoms with Crippen LogP contribution < -0.4 is 5.73 Å². The van der Waals surface area contributed by atoms with Crippen molar-refractivity contribution in [1.82, 2.24) is 9.97 Å². The Bertz CT molecular complexity index is 961. The van der Waals surface area contributed by atoms with Gasteiger partial charge in [-0.3, -0.25) is 4.79 Å². The fourth-order valence-corrected chi connectivity index (χ4v) is 3.49. The van der Waals surface area contributed by atoms with Crippen molar-refractivity contribution >= 4 is 29.2 Å². The van der Waals surface area contributed by atoms with Crippen molar-refractivity contribution in [3.05, 3.63) is 64.0 Å². The van der Waals surface area contributed by atoms with E-state index in [4.69, 9.17) is 17.3 Å². The first-order valence-corrected chi connectivity index (χ1v) is 9.83. The van der Waals surface area contributed by atoms with Crippen molar-refractivity contribution in [3.8, 4) is 0 Å². The SMILES string of the molecule is C/C=C(\C)C(C)=Nc1ncc(Cl)c(CCc2ccccc2C2(C(N)=O)CC2)n1. The van der Waals surface area contributed by atoms with Crippen LogP contribution in [0.2, 0.25) is 5.02 Å². The Balaban J connectivity index is 1.83. The van der Waals surface area contributed by atoms with Crippen molar-refractivity contribution in [2.75, 3.05) is 0 Å². The summed E-state index contributed by atoms with van der Waals surface area (Å²) in [5.41, 5.74) is 10.0. The van der Waals surface area contributed by atoms with E-state index >= 15 is 0 Å². The number of carbonyl (C=O) groups is 1. The molecule has 5 nitrogen and oxygen atoms in total. The van der Waals surface area contributed by atoms with E-state index in [1.165, 1.54) is 0 Å². The van der Waals surface area contributed by atoms with Crippen LogP contribution in [0, 0.1) is 0 Å². The summed E-state index contributed by atoms with van der Waals surface area (Å²) < 4.78 is 0. The quantitative estimate of drug-likeness (QED) is 0.700. The number of halogens is 1. The summed E-state index contributed by atoms with van der Waals surface area (Å²) in [6.07, 6.45) is 6.58. The van der Waals surface area contributed by atoms with Crippen LogP contribution in [0.15, 0.2) is 47.1 Å². The smallest absolute Gasteiger partial charge is 0.249 e. The van der Waals surface area contributed by atoms with Gasteiger partial charge in [0.15, 0.2) is 0 Å². The number of hydrogen-bond acceptors (Lipinski definition) is 4. The lowest BCUT2D eigenvalue weighted by Gasteiger charge is -2.16. The fourth-order valence-electron chi connectivity index (χ4n) is 3.30. The number of amides is 1. The molecule has 0 aliphatic heterocycles. The van der Waals surface area contributed by atoms with Gasteiger partial charge >= 0.3 is 0 Å². The Morgan fingerprint density at radius 3 is 2.64 bits per heavy atom. The molecule has 2 N–H and O–H groups in total. The summed E-state index contributed by atoms with van der Waals surface area (Å²) in [4.78, 5) is 25.2. The molecule has 3 rings (SSSR count). The topological polar surface area (TPSA) is 81.2 Å². The number of benzene rings is 1. The monoisotopic (exact) mass is 396 g/mol. The van der Waals surface area contributed by atoms with Gasteiger partial charge in [0.1, 0.15) is 0 Å². The van der Waals surface area contributed by atoms with Crippen molar-refractivity contribution in [2.45, 2.75) is 51.9 Å². The predicted molar refractivity (Wildman–Crippen MR) is 113 cm³/mol. The lowest BCUT2D eigenvalue weighted by Crippen LogP contribution is -2.29. The molecule has 1 heterocycles. The number of aliphatic imine (C=N–C) groups is 1. The van der Waals surface area contributed by atoms with E-state index in [2.05, 4.69) is 15.0 Å². The first-order chi connectivity index (χ1) is 13.4. The van der Waals surface area contributed by atoms with Gasteiger partial charge in [0, 0.05) is 5.71 Å². The van der Waals surface area contributed by atoms with Crippen LogP contribution in [-0.2, 0) is 23.1 Å². The summed E-state index contributed by atoms with van der Waals surface area (Å²) >= 11 is 6.32. The Morgan fingerprint density at radius 1 is 1.29 bits per heavy atom. The summed E-state index contributed by atoms with van der Waals surface area (Å²) in [6.45, 7) is 5.90. The zero-order valence-corrected chi connectivity index (χ0v) is 17.3. The molecule has 2 aromatic rings. The van der Waals surface area contributed by atoms with E-state index in [9.17, 15) is 4.79 Å². The molecule has 1 amide bonds. The number of carbonyl (C=O) groups excluding carboxylic acids is 1. The Kier molecular flexibility index (Phi) is 5.94. The van der Waals surface area contributed by atoms with Crippen LogP contribution in [0.3, 0.4) is 0 Å². The number of aryl methyl sites for hydroxylation is 2. The second-order valence-corrected chi connectivity index (χ2v) is 7.64. The molecule has 1 aliphatic carbocycles. The van der Waals surface area contributed by atoms with Crippen LogP contribution >= 0.6 is 11.6 Å². The molecule has 28 heavy (non-hydrogen) atoms. The second kappa shape index (κ2) is 8.23. The van der Waals surface area contributed by atoms with Crippen molar-refractivity contribution in [3.63, 3.8) is 0 Å². The highest BCUT2D eigenvalue weighted by Gasteiger charge is 2.50. The molecule has 1 saturated carbocycles. The highest BCUT2D eigenvalue weighted by Crippen LogP contribution is 2.49. The number of nitrogens with zero attached hydrogens (tertiary/aromatic N) is 3. The molecule has 0 atom stereocenters. The number of hydrogen-bond donors (Lipinski definition) is 1. The van der Waals surface area contributed by atoms with E-state index in [1.54, 1.807) is 6.20 Å². The standard InChI is InChI=1S/C22H25ClN4O/c1-4-14(2)15(3)26-21-25-13-18(23)19(27-21)10-9-16-7-5-6-8-17(16)22(11-12-22)20(24)28/h4-8,13H,9-12H2,1-3H3,(H2,24,28)/b14-4+,26-15?. The molecule has 1 aromatic heterocycles. The third-order valence-electron chi connectivity index (χ3n) is 5.46. The number of allylic oxidation sites excluding steroid dienone is 2. The molecule has 6 heteroatoms. The zero-order chi connectivity index (χ0) is 20.3. The van der Waals surface area contributed by atoms with Gasteiger partial charge in [-0.25, -0.2) is 15.0 Å². The second-order valence-electron chi connectivity index (χ2n) is 7.24. The number of nitrogens with two attached hydrogens (primary N) is 1. The normalized spacial score (nSPS) is 16.1. The molecular weight excluding hydrogens is 372 g/mol. The average molecular weight is 397 g/mol. The van der Waals surface area contributed by atoms with E-state index in [0.717, 1.165) is 47.4 Å². The minimum Gasteiger partial charge on any atom is -0.369 e. The number of aromatic nitrogens is 2. The van der Waals surface area contributed by atoms with Gasteiger partial charge in [0.05, 0.1) is 22.3 Å². The molecule has 1 aliphatic rings. The molecule has 0 unspecified atom stereocenters. The fraction of sp³-hybridized carbons (Fsp3) is 0.364. The minimum absolute atomic E-state index is 0.244. The molecule has 146 valence electrons. The average Bonchev–Trinajstić information content (AvgIpc) is 3.50. The Hall–Kier alpha value is -2.53. The molecular formula is C22H25ClN4O. The van der Waals surface area contributed by atoms with E-state index in [-0.39, 0.29) is 5.91 Å². The van der Waals surface area contributed by atoms with Gasteiger partial charge in [-0.15, -0.1) is 0 Å². The summed E-state index contributed by atoms with van der Waals surface area (Å²) in [5.74, 6) is 0.161. The van der Waals surface area contributed by atoms with Crippen molar-refractivity contribution in [2.24, 2.45) is 10.7 Å². The highest BCUT2D eigenvalue weighted by molar-refractivity contribution is 6.31. The van der Waals surface area contributed by atoms with E-state index < -0.39 is 5.41 Å². The lowest BCUT2D eigenvalue weighted by atomic mass is 9.88. The molecule has 0 radical (unpaired) electrons. The first kappa shape index (κ1) is 20.2. The van der Waals surface area contributed by atoms with Crippen LogP contribution in [-0.4, -0.2) is 21.6 Å². The summed E-state index contributed by atoms with van der Waals surface area (Å²) in [7, 11) is 0. The van der Waals surface area contributed by atoms with Crippen molar-refractivity contribution in [1.29, 1.82) is 0 Å². The Labute approximate surface area is 170 Å². The maximum Gasteiger partial charge on any atom is 0.249 e. The highest BCUT2D eigenvalue weighted by atomic mass is 35.5.